The molecular weight excluding hydrogens is 559 g/mol. The van der Waals surface area contributed by atoms with Gasteiger partial charge >= 0.3 is 5.97 Å². The van der Waals surface area contributed by atoms with E-state index in [0.717, 1.165) is 55.9 Å². The summed E-state index contributed by atoms with van der Waals surface area (Å²) in [5, 5.41) is 4.68. The Morgan fingerprint density at radius 2 is 1.83 bits per heavy atom. The third kappa shape index (κ3) is 4.56. The molecule has 10 nitrogen and oxygen atoms in total. The van der Waals surface area contributed by atoms with Crippen LogP contribution in [-0.2, 0) is 4.74 Å². The number of ether oxygens (including phenoxy) is 1. The van der Waals surface area contributed by atoms with Crippen molar-refractivity contribution in [3.05, 3.63) is 84.6 Å². The van der Waals surface area contributed by atoms with E-state index in [4.69, 9.17) is 4.74 Å². The number of halogens is 1. The number of anilines is 1. The number of fused-ring (bicyclic) bond motifs is 2. The molecule has 1 aliphatic carbocycles. The molecule has 7 rings (SSSR count). The van der Waals surface area contributed by atoms with Crippen LogP contribution in [0.2, 0.25) is 0 Å². The first kappa shape index (κ1) is 26.5. The van der Waals surface area contributed by atoms with Gasteiger partial charge in [0.2, 0.25) is 10.4 Å². The molecule has 1 aliphatic heterocycles. The fraction of sp³-hybridized carbons (Fsp3) is 0.300. The van der Waals surface area contributed by atoms with Gasteiger partial charge in [-0.3, -0.25) is 9.59 Å². The fourth-order valence-electron chi connectivity index (χ4n) is 5.39. The first-order chi connectivity index (χ1) is 20.3. The summed E-state index contributed by atoms with van der Waals surface area (Å²) >= 11 is 1.15. The first-order valence-corrected chi connectivity index (χ1v) is 14.5. The first-order valence-electron chi connectivity index (χ1n) is 13.7. The summed E-state index contributed by atoms with van der Waals surface area (Å²) in [6.45, 7) is 3.13. The molecule has 12 heteroatoms. The number of hydrogen-bond acceptors (Lipinski definition) is 9. The van der Waals surface area contributed by atoms with E-state index in [9.17, 15) is 14.4 Å². The molecule has 2 aromatic carbocycles. The van der Waals surface area contributed by atoms with Crippen LogP contribution < -0.4 is 20.4 Å². The minimum absolute atomic E-state index is 0.136. The van der Waals surface area contributed by atoms with Gasteiger partial charge in [-0.05, 0) is 55.8 Å². The molecule has 1 saturated heterocycles. The number of nitrogens with zero attached hydrogens (tertiary/aromatic N) is 6. The average Bonchev–Trinajstić information content (AvgIpc) is 3.70. The van der Waals surface area contributed by atoms with Crippen molar-refractivity contribution >= 4 is 44.9 Å². The van der Waals surface area contributed by atoms with Gasteiger partial charge < -0.3 is 19.1 Å². The van der Waals surface area contributed by atoms with Crippen LogP contribution in [0.4, 0.5) is 10.1 Å². The maximum Gasteiger partial charge on any atom is 0.337 e. The minimum atomic E-state index is -0.440. The van der Waals surface area contributed by atoms with Gasteiger partial charge in [0.25, 0.3) is 5.56 Å². The number of rotatable bonds is 5. The van der Waals surface area contributed by atoms with Crippen LogP contribution in [0.1, 0.15) is 34.8 Å². The van der Waals surface area contributed by atoms with E-state index in [1.807, 2.05) is 9.47 Å². The molecule has 2 aliphatic rings. The van der Waals surface area contributed by atoms with Gasteiger partial charge in [-0.15, -0.1) is 5.10 Å². The molecule has 0 bridgehead atoms. The summed E-state index contributed by atoms with van der Waals surface area (Å²) in [6.07, 6.45) is 5.39. The Bertz CT molecular complexity index is 2040. The highest BCUT2D eigenvalue weighted by Gasteiger charge is 2.28. The van der Waals surface area contributed by atoms with Crippen molar-refractivity contribution in [3.8, 4) is 11.4 Å². The van der Waals surface area contributed by atoms with Crippen molar-refractivity contribution in [1.29, 1.82) is 0 Å². The highest BCUT2D eigenvalue weighted by Crippen LogP contribution is 2.39. The Balaban J connectivity index is 1.29. The van der Waals surface area contributed by atoms with Crippen molar-refractivity contribution in [2.24, 2.45) is 0 Å². The summed E-state index contributed by atoms with van der Waals surface area (Å²) in [5.74, 6) is -0.730. The van der Waals surface area contributed by atoms with Gasteiger partial charge in [-0.1, -0.05) is 23.5 Å². The Morgan fingerprint density at radius 3 is 2.50 bits per heavy atom. The van der Waals surface area contributed by atoms with Crippen molar-refractivity contribution in [2.75, 3.05) is 45.2 Å². The molecule has 3 aromatic heterocycles. The number of benzene rings is 2. The molecule has 5 aromatic rings. The van der Waals surface area contributed by atoms with E-state index >= 15 is 4.39 Å². The second-order valence-electron chi connectivity index (χ2n) is 10.8. The molecule has 214 valence electrons. The number of aromatic nitrogens is 4. The summed E-state index contributed by atoms with van der Waals surface area (Å²) in [6, 6.07) is 10.0. The summed E-state index contributed by atoms with van der Waals surface area (Å²) < 4.78 is 23.8. The Labute approximate surface area is 242 Å². The van der Waals surface area contributed by atoms with E-state index < -0.39 is 11.8 Å². The number of likely N-dealkylation sites (N-methyl/N-ethyl adjacent to an activating group) is 1. The van der Waals surface area contributed by atoms with Gasteiger partial charge in [0, 0.05) is 43.8 Å². The van der Waals surface area contributed by atoms with Crippen molar-refractivity contribution < 1.29 is 13.9 Å². The smallest absolute Gasteiger partial charge is 0.337 e. The third-order valence-electron chi connectivity index (χ3n) is 7.94. The molecule has 2 fully saturated rings. The zero-order valence-corrected chi connectivity index (χ0v) is 23.9. The lowest BCUT2D eigenvalue weighted by atomic mass is 10.1. The predicted octanol–water partition coefficient (Wildman–Crippen LogP) is 2.69. The maximum atomic E-state index is 15.4. The van der Waals surface area contributed by atoms with E-state index in [1.54, 1.807) is 42.6 Å². The molecule has 0 radical (unpaired) electrons. The summed E-state index contributed by atoms with van der Waals surface area (Å²) in [4.78, 5) is 47.7. The number of piperazine rings is 1. The minimum Gasteiger partial charge on any atom is -0.465 e. The second kappa shape index (κ2) is 10.1. The lowest BCUT2D eigenvalue weighted by Gasteiger charge is -2.34. The number of carbonyl (C=O) groups excluding carboxylic acids is 1. The van der Waals surface area contributed by atoms with Crippen molar-refractivity contribution in [3.63, 3.8) is 0 Å². The Morgan fingerprint density at radius 1 is 1.10 bits per heavy atom. The number of carbonyl (C=O) groups is 1. The quantitative estimate of drug-likeness (QED) is 0.290. The van der Waals surface area contributed by atoms with Crippen molar-refractivity contribution in [1.82, 2.24) is 24.1 Å². The van der Waals surface area contributed by atoms with E-state index in [1.165, 1.54) is 17.7 Å². The molecule has 0 amide bonds. The number of pyridine rings is 1. The topological polar surface area (TPSA) is 102 Å². The Kier molecular flexibility index (Phi) is 6.39. The fourth-order valence-corrected chi connectivity index (χ4v) is 6.30. The molecule has 4 heterocycles. The largest absolute Gasteiger partial charge is 0.465 e. The lowest BCUT2D eigenvalue weighted by molar-refractivity contribution is 0.0600. The van der Waals surface area contributed by atoms with E-state index in [0.29, 0.717) is 26.3 Å². The predicted molar refractivity (Wildman–Crippen MR) is 159 cm³/mol. The van der Waals surface area contributed by atoms with Gasteiger partial charge in [0.05, 0.1) is 34.0 Å². The van der Waals surface area contributed by atoms with Gasteiger partial charge in [-0.2, -0.15) is 9.50 Å². The average molecular weight is 587 g/mol. The van der Waals surface area contributed by atoms with Crippen LogP contribution in [0.5, 0.6) is 0 Å². The second-order valence-corrected chi connectivity index (χ2v) is 11.8. The van der Waals surface area contributed by atoms with Crippen LogP contribution in [0.25, 0.3) is 33.3 Å². The van der Waals surface area contributed by atoms with Crippen LogP contribution in [0, 0.1) is 5.82 Å². The number of thiazole rings is 1. The molecule has 42 heavy (non-hydrogen) atoms. The molecule has 0 unspecified atom stereocenters. The van der Waals surface area contributed by atoms with Crippen LogP contribution in [-0.4, -0.2) is 70.4 Å². The molecular formula is C30H27FN6O4S. The van der Waals surface area contributed by atoms with Gasteiger partial charge in [-0.25, -0.2) is 9.18 Å². The lowest BCUT2D eigenvalue weighted by Crippen LogP contribution is -2.44. The standard InChI is InChI=1S/C30H27FN6O4S/c1-34-9-11-35(12-10-34)24-15-23-20(14-22(24)31)26(38)21(16-36(23)19-7-8-19)27-32-30-37(33-27)28(39)25(42-30)13-17-3-5-18(6-4-17)29(40)41-2/h3-6,13-16,19H,7-12H2,1-2H3/b25-13-. The highest BCUT2D eigenvalue weighted by molar-refractivity contribution is 7.15. The van der Waals surface area contributed by atoms with Crippen molar-refractivity contribution in [2.45, 2.75) is 18.9 Å². The highest BCUT2D eigenvalue weighted by atomic mass is 32.1. The van der Waals surface area contributed by atoms with Crippen LogP contribution >= 0.6 is 11.3 Å². The van der Waals surface area contributed by atoms with Gasteiger partial charge in [0.15, 0.2) is 5.82 Å². The Hall–Kier alpha value is -4.42. The van der Waals surface area contributed by atoms with E-state index in [-0.39, 0.29) is 33.8 Å². The maximum absolute atomic E-state index is 15.4. The molecule has 1 saturated carbocycles. The zero-order chi connectivity index (χ0) is 29.1. The zero-order valence-electron chi connectivity index (χ0n) is 23.0. The van der Waals surface area contributed by atoms with Gasteiger partial charge in [0.1, 0.15) is 5.82 Å². The summed E-state index contributed by atoms with van der Waals surface area (Å²) in [5.41, 5.74) is 1.85. The third-order valence-corrected chi connectivity index (χ3v) is 8.90. The SMILES string of the molecule is COC(=O)c1ccc(/C=c2\sc3nc(-c4cn(C5CC5)c5cc(N6CCN(C)CC6)c(F)cc5c4=O)nn3c2=O)cc1. The number of methoxy groups -OCH3 is 1. The van der Waals surface area contributed by atoms with Crippen LogP contribution in [0.3, 0.4) is 0 Å². The number of hydrogen-bond donors (Lipinski definition) is 0. The summed E-state index contributed by atoms with van der Waals surface area (Å²) in [7, 11) is 3.37. The molecule has 0 N–H and O–H groups in total. The van der Waals surface area contributed by atoms with E-state index in [2.05, 4.69) is 22.0 Å². The molecule has 0 atom stereocenters. The van der Waals surface area contributed by atoms with Crippen LogP contribution in [0.15, 0.2) is 52.2 Å². The monoisotopic (exact) mass is 586 g/mol. The number of esters is 1. The normalized spacial score (nSPS) is 16.5. The molecule has 0 spiro atoms.